The lowest BCUT2D eigenvalue weighted by Gasteiger charge is -2.29. The molecular weight excluding hydrogens is 236 g/mol. The van der Waals surface area contributed by atoms with Gasteiger partial charge in [-0.05, 0) is 24.1 Å². The average Bonchev–Trinajstić information content (AvgIpc) is 2.62. The Morgan fingerprint density at radius 2 is 2.00 bits per heavy atom. The highest BCUT2D eigenvalue weighted by atomic mass is 35.5. The zero-order valence-corrected chi connectivity index (χ0v) is 10.7. The molecule has 2 rings (SSSR count). The summed E-state index contributed by atoms with van der Waals surface area (Å²) in [7, 11) is 0. The molecule has 0 aliphatic carbocycles. The van der Waals surface area contributed by atoms with Crippen molar-refractivity contribution in [2.75, 3.05) is 32.8 Å². The molecule has 0 spiro atoms. The van der Waals surface area contributed by atoms with Crippen molar-refractivity contribution in [3.63, 3.8) is 0 Å². The molecule has 0 aromatic heterocycles. The van der Waals surface area contributed by atoms with Crippen molar-refractivity contribution >= 4 is 11.6 Å². The molecule has 1 fully saturated rings. The molecule has 1 unspecified atom stereocenters. The highest BCUT2D eigenvalue weighted by Gasteiger charge is 2.20. The minimum Gasteiger partial charge on any atom is -0.380 e. The minimum atomic E-state index is 0.272. The first-order valence-electron chi connectivity index (χ1n) is 6.08. The number of rotatable bonds is 3. The average molecular weight is 255 g/mol. The van der Waals surface area contributed by atoms with Crippen LogP contribution in [0, 0.1) is 0 Å². The molecule has 4 heteroatoms. The standard InChI is InChI=1S/C13H19ClN2O/c14-12-4-2-11(3-5-12)13(10-15)16-6-1-8-17-9-7-16/h2-5,13H,1,6-10,15H2. The Labute approximate surface area is 107 Å². The Morgan fingerprint density at radius 3 is 2.71 bits per heavy atom. The summed E-state index contributed by atoms with van der Waals surface area (Å²) >= 11 is 5.91. The largest absolute Gasteiger partial charge is 0.380 e. The Balaban J connectivity index is 2.11. The van der Waals surface area contributed by atoms with Crippen molar-refractivity contribution < 1.29 is 4.74 Å². The third kappa shape index (κ3) is 3.42. The van der Waals surface area contributed by atoms with Crippen LogP contribution in [0.15, 0.2) is 24.3 Å². The molecule has 94 valence electrons. The fraction of sp³-hybridized carbons (Fsp3) is 0.538. The molecule has 1 aromatic carbocycles. The molecule has 1 atom stereocenters. The van der Waals surface area contributed by atoms with Crippen LogP contribution in [-0.4, -0.2) is 37.7 Å². The van der Waals surface area contributed by atoms with E-state index in [1.54, 1.807) is 0 Å². The molecule has 1 aliphatic heterocycles. The van der Waals surface area contributed by atoms with Crippen LogP contribution >= 0.6 is 11.6 Å². The maximum absolute atomic E-state index is 5.91. The number of nitrogens with zero attached hydrogens (tertiary/aromatic N) is 1. The maximum Gasteiger partial charge on any atom is 0.0593 e. The topological polar surface area (TPSA) is 38.5 Å². The molecule has 1 heterocycles. The van der Waals surface area contributed by atoms with E-state index in [-0.39, 0.29) is 6.04 Å². The smallest absolute Gasteiger partial charge is 0.0593 e. The van der Waals surface area contributed by atoms with Gasteiger partial charge in [0.25, 0.3) is 0 Å². The normalized spacial score (nSPS) is 19.9. The SMILES string of the molecule is NCC(c1ccc(Cl)cc1)N1CCCOCC1. The van der Waals surface area contributed by atoms with Crippen molar-refractivity contribution in [3.8, 4) is 0 Å². The first kappa shape index (κ1) is 12.8. The molecule has 0 saturated carbocycles. The summed E-state index contributed by atoms with van der Waals surface area (Å²) in [6.45, 7) is 4.27. The van der Waals surface area contributed by atoms with Gasteiger partial charge in [-0.3, -0.25) is 4.90 Å². The van der Waals surface area contributed by atoms with Crippen molar-refractivity contribution in [1.82, 2.24) is 4.90 Å². The second kappa shape index (κ2) is 6.36. The van der Waals surface area contributed by atoms with E-state index in [1.165, 1.54) is 5.56 Å². The second-order valence-corrected chi connectivity index (χ2v) is 4.74. The molecular formula is C13H19ClN2O. The minimum absolute atomic E-state index is 0.272. The summed E-state index contributed by atoms with van der Waals surface area (Å²) in [5.74, 6) is 0. The number of halogens is 1. The fourth-order valence-corrected chi connectivity index (χ4v) is 2.38. The van der Waals surface area contributed by atoms with E-state index >= 15 is 0 Å². The van der Waals surface area contributed by atoms with Gasteiger partial charge >= 0.3 is 0 Å². The van der Waals surface area contributed by atoms with E-state index in [9.17, 15) is 0 Å². The zero-order chi connectivity index (χ0) is 12.1. The van der Waals surface area contributed by atoms with Gasteiger partial charge in [0.05, 0.1) is 6.61 Å². The number of hydrogen-bond acceptors (Lipinski definition) is 3. The third-order valence-corrected chi connectivity index (χ3v) is 3.43. The van der Waals surface area contributed by atoms with Gasteiger partial charge in [0.1, 0.15) is 0 Å². The fourth-order valence-electron chi connectivity index (χ4n) is 2.26. The monoisotopic (exact) mass is 254 g/mol. The lowest BCUT2D eigenvalue weighted by atomic mass is 10.1. The Hall–Kier alpha value is -0.610. The van der Waals surface area contributed by atoms with Crippen molar-refractivity contribution in [2.24, 2.45) is 5.73 Å². The van der Waals surface area contributed by atoms with Gasteiger partial charge in [0, 0.05) is 37.3 Å². The first-order chi connectivity index (χ1) is 8.31. The summed E-state index contributed by atoms with van der Waals surface area (Å²) in [5.41, 5.74) is 7.14. The van der Waals surface area contributed by atoms with Crippen molar-refractivity contribution in [3.05, 3.63) is 34.9 Å². The van der Waals surface area contributed by atoms with E-state index in [0.717, 1.165) is 37.7 Å². The molecule has 2 N–H and O–H groups in total. The number of hydrogen-bond donors (Lipinski definition) is 1. The molecule has 1 saturated heterocycles. The summed E-state index contributed by atoms with van der Waals surface area (Å²) in [5, 5.41) is 0.767. The van der Waals surface area contributed by atoms with Crippen LogP contribution in [0.25, 0.3) is 0 Å². The summed E-state index contributed by atoms with van der Waals surface area (Å²) < 4.78 is 5.47. The Kier molecular flexibility index (Phi) is 4.80. The predicted molar refractivity (Wildman–Crippen MR) is 70.3 cm³/mol. The van der Waals surface area contributed by atoms with E-state index < -0.39 is 0 Å². The summed E-state index contributed by atoms with van der Waals surface area (Å²) in [6.07, 6.45) is 1.07. The van der Waals surface area contributed by atoms with Crippen LogP contribution in [0.5, 0.6) is 0 Å². The van der Waals surface area contributed by atoms with Crippen molar-refractivity contribution in [2.45, 2.75) is 12.5 Å². The summed E-state index contributed by atoms with van der Waals surface area (Å²) in [4.78, 5) is 2.40. The highest BCUT2D eigenvalue weighted by molar-refractivity contribution is 6.30. The van der Waals surface area contributed by atoms with Gasteiger partial charge < -0.3 is 10.5 Å². The molecule has 0 radical (unpaired) electrons. The van der Waals surface area contributed by atoms with Gasteiger partial charge in [-0.15, -0.1) is 0 Å². The number of nitrogens with two attached hydrogens (primary N) is 1. The van der Waals surface area contributed by atoms with Crippen LogP contribution in [0.1, 0.15) is 18.0 Å². The van der Waals surface area contributed by atoms with Crippen LogP contribution < -0.4 is 5.73 Å². The van der Waals surface area contributed by atoms with Gasteiger partial charge in [0.2, 0.25) is 0 Å². The quantitative estimate of drug-likeness (QED) is 0.898. The lowest BCUT2D eigenvalue weighted by Crippen LogP contribution is -2.35. The highest BCUT2D eigenvalue weighted by Crippen LogP contribution is 2.22. The van der Waals surface area contributed by atoms with Crippen LogP contribution in [0.3, 0.4) is 0 Å². The maximum atomic E-state index is 5.91. The van der Waals surface area contributed by atoms with E-state index in [1.807, 2.05) is 12.1 Å². The van der Waals surface area contributed by atoms with Crippen LogP contribution in [-0.2, 0) is 4.74 Å². The van der Waals surface area contributed by atoms with Crippen molar-refractivity contribution in [1.29, 1.82) is 0 Å². The number of ether oxygens (including phenoxy) is 1. The molecule has 3 nitrogen and oxygen atoms in total. The Morgan fingerprint density at radius 1 is 1.24 bits per heavy atom. The predicted octanol–water partition coefficient (Wildman–Crippen LogP) is 2.06. The number of benzene rings is 1. The third-order valence-electron chi connectivity index (χ3n) is 3.18. The lowest BCUT2D eigenvalue weighted by molar-refractivity contribution is 0.132. The van der Waals surface area contributed by atoms with Gasteiger partial charge in [0.15, 0.2) is 0 Å². The zero-order valence-electron chi connectivity index (χ0n) is 9.94. The Bertz CT molecular complexity index is 334. The summed E-state index contributed by atoms with van der Waals surface area (Å²) in [6, 6.07) is 8.24. The molecule has 17 heavy (non-hydrogen) atoms. The van der Waals surface area contributed by atoms with Crippen LogP contribution in [0.4, 0.5) is 0 Å². The van der Waals surface area contributed by atoms with Gasteiger partial charge in [-0.1, -0.05) is 23.7 Å². The molecule has 1 aromatic rings. The van der Waals surface area contributed by atoms with E-state index in [2.05, 4.69) is 17.0 Å². The van der Waals surface area contributed by atoms with Gasteiger partial charge in [-0.25, -0.2) is 0 Å². The second-order valence-electron chi connectivity index (χ2n) is 4.30. The van der Waals surface area contributed by atoms with E-state index in [4.69, 9.17) is 22.1 Å². The van der Waals surface area contributed by atoms with E-state index in [0.29, 0.717) is 6.54 Å². The molecule has 0 amide bonds. The molecule has 1 aliphatic rings. The van der Waals surface area contributed by atoms with Gasteiger partial charge in [-0.2, -0.15) is 0 Å². The molecule has 0 bridgehead atoms. The van der Waals surface area contributed by atoms with Crippen LogP contribution in [0.2, 0.25) is 5.02 Å². The first-order valence-corrected chi connectivity index (χ1v) is 6.46.